The van der Waals surface area contributed by atoms with Crippen LogP contribution in [0.5, 0.6) is 5.75 Å². The molecule has 9 nitrogen and oxygen atoms in total. The Kier molecular flexibility index (Phi) is 6.83. The summed E-state index contributed by atoms with van der Waals surface area (Å²) in [6.07, 6.45) is -0.0571. The van der Waals surface area contributed by atoms with E-state index in [1.165, 1.54) is 20.8 Å². The maximum absolute atomic E-state index is 15.2. The molecule has 2 aliphatic rings. The van der Waals surface area contributed by atoms with E-state index in [0.717, 1.165) is 24.4 Å². The molecule has 2 aromatic rings. The Morgan fingerprint density at radius 1 is 1.29 bits per heavy atom. The molecule has 0 radical (unpaired) electrons. The first kappa shape index (κ1) is 28.0. The summed E-state index contributed by atoms with van der Waals surface area (Å²) in [5.74, 6) is -6.04. The van der Waals surface area contributed by atoms with Gasteiger partial charge in [-0.15, -0.1) is 0 Å². The highest BCUT2D eigenvalue weighted by Gasteiger charge is 2.60. The van der Waals surface area contributed by atoms with Crippen LogP contribution in [0.3, 0.4) is 0 Å². The average Bonchev–Trinajstić information content (AvgIpc) is 2.80. The molecular formula is C22H22ClF5N6O3S. The number of amides is 1. The molecule has 38 heavy (non-hydrogen) atoms. The third-order valence-corrected chi connectivity index (χ3v) is 10.4. The van der Waals surface area contributed by atoms with Crippen molar-refractivity contribution in [3.8, 4) is 5.75 Å². The van der Waals surface area contributed by atoms with Gasteiger partial charge in [0.25, 0.3) is 11.8 Å². The van der Waals surface area contributed by atoms with E-state index in [1.54, 1.807) is 0 Å². The fourth-order valence-electron chi connectivity index (χ4n) is 4.36. The topological polar surface area (TPSA) is 132 Å². The first-order valence-electron chi connectivity index (χ1n) is 11.0. The summed E-state index contributed by atoms with van der Waals surface area (Å²) in [5.41, 5.74) is 3.31. The molecule has 2 aromatic heterocycles. The molecule has 3 atom stereocenters. The molecule has 0 aliphatic carbocycles. The lowest BCUT2D eigenvalue weighted by Gasteiger charge is -2.48. The molecule has 0 bridgehead atoms. The van der Waals surface area contributed by atoms with Crippen molar-refractivity contribution in [1.29, 1.82) is 0 Å². The van der Waals surface area contributed by atoms with Gasteiger partial charge in [0, 0.05) is 12.5 Å². The molecule has 0 spiro atoms. The van der Waals surface area contributed by atoms with Crippen molar-refractivity contribution in [3.05, 3.63) is 46.6 Å². The Bertz CT molecular complexity index is 1460. The van der Waals surface area contributed by atoms with Crippen molar-refractivity contribution in [3.63, 3.8) is 0 Å². The Balaban J connectivity index is 1.74. The van der Waals surface area contributed by atoms with Crippen molar-refractivity contribution in [2.24, 2.45) is 15.1 Å². The fraction of sp³-hybridized carbons (Fsp3) is 0.455. The Morgan fingerprint density at radius 2 is 1.97 bits per heavy atom. The van der Waals surface area contributed by atoms with E-state index in [2.05, 4.69) is 29.4 Å². The normalized spacial score (nSPS) is 27.6. The number of anilines is 1. The van der Waals surface area contributed by atoms with Gasteiger partial charge >= 0.3 is 6.61 Å². The first-order valence-corrected chi connectivity index (χ1v) is 13.0. The quantitative estimate of drug-likeness (QED) is 0.505. The number of carbonyl (C=O) groups is 1. The Morgan fingerprint density at radius 3 is 2.61 bits per heavy atom. The van der Waals surface area contributed by atoms with Crippen LogP contribution in [-0.2, 0) is 15.3 Å². The number of nitrogens with zero attached hydrogens (tertiary/aromatic N) is 4. The number of aromatic nitrogens is 2. The van der Waals surface area contributed by atoms with E-state index in [-0.39, 0.29) is 28.1 Å². The zero-order valence-corrected chi connectivity index (χ0v) is 21.7. The summed E-state index contributed by atoms with van der Waals surface area (Å²) in [7, 11) is -3.50. The SMILES string of the molecule is CC1(C)C(N)=N[C@](C)(c2nc(NC(=O)c3ncc(OC(F)F)cc3Cl)ccc2F)[C@H]2CC(F)(F)CN=[S@@]21=O. The highest BCUT2D eigenvalue weighted by atomic mass is 35.5. The lowest BCUT2D eigenvalue weighted by molar-refractivity contribution is -0.0500. The number of hydrogen-bond acceptors (Lipinski definition) is 8. The van der Waals surface area contributed by atoms with Crippen molar-refractivity contribution in [2.75, 3.05) is 11.9 Å². The minimum Gasteiger partial charge on any atom is -0.433 e. The molecule has 1 amide bonds. The van der Waals surface area contributed by atoms with Gasteiger partial charge in [0.15, 0.2) is 0 Å². The number of carbonyl (C=O) groups excluding carboxylic acids is 1. The zero-order chi connectivity index (χ0) is 28.3. The molecule has 0 saturated heterocycles. The predicted octanol–water partition coefficient (Wildman–Crippen LogP) is 4.36. The van der Waals surface area contributed by atoms with E-state index in [0.29, 0.717) is 0 Å². The van der Waals surface area contributed by atoms with Gasteiger partial charge in [-0.2, -0.15) is 8.78 Å². The van der Waals surface area contributed by atoms with Crippen LogP contribution in [0.25, 0.3) is 0 Å². The van der Waals surface area contributed by atoms with E-state index < -0.39 is 68.2 Å². The van der Waals surface area contributed by atoms with Gasteiger partial charge in [-0.3, -0.25) is 9.79 Å². The lowest BCUT2D eigenvalue weighted by atomic mass is 9.88. The molecular weight excluding hydrogens is 559 g/mol. The van der Waals surface area contributed by atoms with Crippen LogP contribution in [0.1, 0.15) is 43.4 Å². The monoisotopic (exact) mass is 580 g/mol. The van der Waals surface area contributed by atoms with Crippen LogP contribution in [0.15, 0.2) is 33.8 Å². The van der Waals surface area contributed by atoms with Gasteiger partial charge in [-0.1, -0.05) is 11.6 Å². The first-order chi connectivity index (χ1) is 17.5. The summed E-state index contributed by atoms with van der Waals surface area (Å²) in [6, 6.07) is 2.95. The minimum atomic E-state index is -3.50. The second kappa shape index (κ2) is 9.29. The second-order valence-corrected chi connectivity index (χ2v) is 12.8. The number of aliphatic imine (C=N–C) groups is 1. The van der Waals surface area contributed by atoms with Gasteiger partial charge in [0.05, 0.1) is 26.2 Å². The fourth-order valence-corrected chi connectivity index (χ4v) is 7.80. The summed E-state index contributed by atoms with van der Waals surface area (Å²) < 4.78 is 89.6. The van der Waals surface area contributed by atoms with E-state index >= 15 is 4.39 Å². The minimum absolute atomic E-state index is 0.173. The van der Waals surface area contributed by atoms with E-state index in [1.807, 2.05) is 0 Å². The van der Waals surface area contributed by atoms with Crippen molar-refractivity contribution >= 4 is 38.9 Å². The van der Waals surface area contributed by atoms with E-state index in [4.69, 9.17) is 17.3 Å². The van der Waals surface area contributed by atoms with Crippen LogP contribution in [0, 0.1) is 5.82 Å². The number of nitrogens with two attached hydrogens (primary N) is 1. The largest absolute Gasteiger partial charge is 0.433 e. The van der Waals surface area contributed by atoms with Gasteiger partial charge in [0.2, 0.25) is 0 Å². The van der Waals surface area contributed by atoms with Gasteiger partial charge in [-0.25, -0.2) is 31.7 Å². The Labute approximate surface area is 219 Å². The van der Waals surface area contributed by atoms with Gasteiger partial charge < -0.3 is 15.8 Å². The van der Waals surface area contributed by atoms with Crippen LogP contribution in [0.4, 0.5) is 27.8 Å². The molecule has 0 fully saturated rings. The second-order valence-electron chi connectivity index (χ2n) is 9.42. The predicted molar refractivity (Wildman–Crippen MR) is 130 cm³/mol. The molecule has 16 heteroatoms. The van der Waals surface area contributed by atoms with Crippen LogP contribution >= 0.6 is 11.6 Å². The van der Waals surface area contributed by atoms with Gasteiger partial charge in [-0.05, 0) is 32.9 Å². The zero-order valence-electron chi connectivity index (χ0n) is 20.1. The highest BCUT2D eigenvalue weighted by molar-refractivity contribution is 7.96. The average molecular weight is 581 g/mol. The summed E-state index contributed by atoms with van der Waals surface area (Å²) >= 11 is 5.96. The number of fused-ring (bicyclic) bond motifs is 1. The summed E-state index contributed by atoms with van der Waals surface area (Å²) in [6.45, 7) is 0.124. The lowest BCUT2D eigenvalue weighted by Crippen LogP contribution is -2.62. The smallest absolute Gasteiger partial charge is 0.387 e. The standard InChI is InChI=1S/C22H22ClF5N6O3S/c1-20(2)18(29)34-21(3,13-7-22(27,28)9-31-38(13,20)36)16-12(24)4-5-14(32-16)33-17(35)15-11(23)6-10(8-30-15)37-19(25)26/h4-6,8,13,19H,7,9H2,1-3H3,(H2,29,34)(H,32,33,35)/t13-,21+,38-/m1/s1. The number of amidine groups is 1. The number of nitrogens with one attached hydrogen (secondary N) is 1. The maximum Gasteiger partial charge on any atom is 0.387 e. The molecule has 4 rings (SSSR count). The molecule has 2 aliphatic heterocycles. The number of ether oxygens (including phenoxy) is 1. The maximum atomic E-state index is 15.2. The molecule has 206 valence electrons. The molecule has 4 heterocycles. The third-order valence-electron chi connectivity index (χ3n) is 6.51. The van der Waals surface area contributed by atoms with Crippen LogP contribution in [-0.4, -0.2) is 55.0 Å². The van der Waals surface area contributed by atoms with Gasteiger partial charge in [0.1, 0.15) is 51.4 Å². The number of alkyl halides is 4. The molecule has 0 saturated carbocycles. The van der Waals surface area contributed by atoms with Crippen molar-refractivity contribution < 1.29 is 35.7 Å². The number of rotatable bonds is 5. The number of halogens is 6. The van der Waals surface area contributed by atoms with Crippen LogP contribution < -0.4 is 15.8 Å². The van der Waals surface area contributed by atoms with E-state index in [9.17, 15) is 26.6 Å². The van der Waals surface area contributed by atoms with Crippen LogP contribution in [0.2, 0.25) is 5.02 Å². The Hall–Kier alpha value is -3.07. The summed E-state index contributed by atoms with van der Waals surface area (Å²) in [5, 5.41) is 0.542. The van der Waals surface area contributed by atoms with Crippen molar-refractivity contribution in [1.82, 2.24) is 9.97 Å². The summed E-state index contributed by atoms with van der Waals surface area (Å²) in [4.78, 5) is 24.8. The van der Waals surface area contributed by atoms with Crippen molar-refractivity contribution in [2.45, 2.75) is 55.3 Å². The molecule has 3 N–H and O–H groups in total. The number of hydrogen-bond donors (Lipinski definition) is 2. The molecule has 0 unspecified atom stereocenters. The third kappa shape index (κ3) is 4.65. The molecule has 0 aromatic carbocycles. The number of pyridine rings is 2. The highest BCUT2D eigenvalue weighted by Crippen LogP contribution is 2.49.